The largest absolute Gasteiger partial charge is 0.354 e. The monoisotopic (exact) mass is 404 g/mol. The second kappa shape index (κ2) is 8.92. The number of nitrogens with one attached hydrogen (secondary N) is 1. The van der Waals surface area contributed by atoms with Crippen molar-refractivity contribution in [2.45, 2.75) is 13.0 Å². The zero-order valence-electron chi connectivity index (χ0n) is 14.3. The predicted molar refractivity (Wildman–Crippen MR) is 106 cm³/mol. The van der Waals surface area contributed by atoms with Crippen molar-refractivity contribution in [1.82, 2.24) is 19.8 Å². The predicted octanol–water partition coefficient (Wildman–Crippen LogP) is 2.43. The number of halogens is 1. The van der Waals surface area contributed by atoms with Crippen LogP contribution in [0.2, 0.25) is 0 Å². The van der Waals surface area contributed by atoms with E-state index in [4.69, 9.17) is 12.2 Å². The molecule has 0 unspecified atom stereocenters. The molecule has 2 amide bonds. The Morgan fingerprint density at radius 1 is 1.37 bits per heavy atom. The average Bonchev–Trinajstić information content (AvgIpc) is 3.25. The van der Waals surface area contributed by atoms with Crippen molar-refractivity contribution in [3.63, 3.8) is 0 Å². The lowest BCUT2D eigenvalue weighted by atomic mass is 10.2. The maximum atomic E-state index is 13.8. The molecule has 9 heteroatoms. The third-order valence-electron chi connectivity index (χ3n) is 3.84. The van der Waals surface area contributed by atoms with E-state index in [1.807, 2.05) is 10.8 Å². The van der Waals surface area contributed by atoms with Crippen LogP contribution in [0.3, 0.4) is 0 Å². The van der Waals surface area contributed by atoms with Gasteiger partial charge in [0.2, 0.25) is 5.91 Å². The van der Waals surface area contributed by atoms with Crippen LogP contribution in [0.5, 0.6) is 0 Å². The Labute approximate surface area is 165 Å². The summed E-state index contributed by atoms with van der Waals surface area (Å²) < 4.78 is 16.0. The maximum Gasteiger partial charge on any atom is 0.266 e. The van der Waals surface area contributed by atoms with Gasteiger partial charge < -0.3 is 9.88 Å². The molecule has 1 aromatic heterocycles. The second-order valence-electron chi connectivity index (χ2n) is 5.79. The molecule has 27 heavy (non-hydrogen) atoms. The van der Waals surface area contributed by atoms with Crippen LogP contribution in [0, 0.1) is 5.82 Å². The number of carbonyl (C=O) groups is 2. The highest BCUT2D eigenvalue weighted by molar-refractivity contribution is 8.26. The SMILES string of the molecule is O=C(CN1C(=O)C(=Cc2ccccc2F)SC1=S)NCCCn1ccnc1. The number of aryl methyl sites for hydroxylation is 1. The van der Waals surface area contributed by atoms with Gasteiger partial charge in [-0.15, -0.1) is 0 Å². The number of amides is 2. The van der Waals surface area contributed by atoms with Crippen molar-refractivity contribution in [2.24, 2.45) is 0 Å². The summed E-state index contributed by atoms with van der Waals surface area (Å²) in [4.78, 5) is 30.1. The molecule has 140 valence electrons. The van der Waals surface area contributed by atoms with Gasteiger partial charge in [0.05, 0.1) is 11.2 Å². The topological polar surface area (TPSA) is 67.2 Å². The van der Waals surface area contributed by atoms with E-state index in [0.717, 1.165) is 24.7 Å². The summed E-state index contributed by atoms with van der Waals surface area (Å²) in [5.74, 6) is -1.09. The first kappa shape index (κ1) is 19.2. The summed E-state index contributed by atoms with van der Waals surface area (Å²) in [5, 5.41) is 2.77. The van der Waals surface area contributed by atoms with Gasteiger partial charge in [0.15, 0.2) is 0 Å². The quantitative estimate of drug-likeness (QED) is 0.436. The number of thiocarbonyl (C=S) groups is 1. The number of nitrogens with zero attached hydrogens (tertiary/aromatic N) is 3. The van der Waals surface area contributed by atoms with Crippen LogP contribution in [-0.4, -0.2) is 43.7 Å². The summed E-state index contributed by atoms with van der Waals surface area (Å²) in [6.07, 6.45) is 7.46. The number of aromatic nitrogens is 2. The van der Waals surface area contributed by atoms with Crippen LogP contribution in [0.1, 0.15) is 12.0 Å². The van der Waals surface area contributed by atoms with Crippen LogP contribution in [0.15, 0.2) is 47.9 Å². The van der Waals surface area contributed by atoms with Crippen molar-refractivity contribution in [1.29, 1.82) is 0 Å². The molecular weight excluding hydrogens is 387 g/mol. The minimum atomic E-state index is -0.418. The molecule has 1 N–H and O–H groups in total. The van der Waals surface area contributed by atoms with E-state index in [-0.39, 0.29) is 22.7 Å². The molecule has 1 fully saturated rings. The van der Waals surface area contributed by atoms with Crippen molar-refractivity contribution in [3.8, 4) is 0 Å². The smallest absolute Gasteiger partial charge is 0.266 e. The Kier molecular flexibility index (Phi) is 6.36. The molecule has 1 aliphatic rings. The molecule has 2 heterocycles. The van der Waals surface area contributed by atoms with Crippen LogP contribution in [-0.2, 0) is 16.1 Å². The van der Waals surface area contributed by atoms with Gasteiger partial charge in [0.1, 0.15) is 16.7 Å². The van der Waals surface area contributed by atoms with Gasteiger partial charge in [-0.2, -0.15) is 0 Å². The van der Waals surface area contributed by atoms with E-state index in [9.17, 15) is 14.0 Å². The van der Waals surface area contributed by atoms with Crippen molar-refractivity contribution in [2.75, 3.05) is 13.1 Å². The van der Waals surface area contributed by atoms with Crippen LogP contribution in [0.25, 0.3) is 6.08 Å². The minimum absolute atomic E-state index is 0.148. The summed E-state index contributed by atoms with van der Waals surface area (Å²) in [7, 11) is 0. The molecular formula is C18H17FN4O2S2. The third kappa shape index (κ3) is 5.01. The van der Waals surface area contributed by atoms with E-state index in [1.54, 1.807) is 30.7 Å². The highest BCUT2D eigenvalue weighted by atomic mass is 32.2. The highest BCUT2D eigenvalue weighted by Crippen LogP contribution is 2.32. The minimum Gasteiger partial charge on any atom is -0.354 e. The first-order valence-corrected chi connectivity index (χ1v) is 9.49. The van der Waals surface area contributed by atoms with Crippen molar-refractivity contribution >= 4 is 46.2 Å². The fourth-order valence-electron chi connectivity index (χ4n) is 2.48. The number of thioether (sulfide) groups is 1. The van der Waals surface area contributed by atoms with Crippen LogP contribution < -0.4 is 5.32 Å². The number of imidazole rings is 1. The summed E-state index contributed by atoms with van der Waals surface area (Å²) in [6.45, 7) is 1.08. The third-order valence-corrected chi connectivity index (χ3v) is 5.22. The molecule has 6 nitrogen and oxygen atoms in total. The molecule has 0 radical (unpaired) electrons. The molecule has 1 aromatic carbocycles. The molecule has 1 aliphatic heterocycles. The van der Waals surface area contributed by atoms with Gasteiger partial charge in [0.25, 0.3) is 5.91 Å². The molecule has 2 aromatic rings. The van der Waals surface area contributed by atoms with E-state index >= 15 is 0 Å². The molecule has 0 atom stereocenters. The number of rotatable bonds is 7. The van der Waals surface area contributed by atoms with Crippen molar-refractivity contribution < 1.29 is 14.0 Å². The van der Waals surface area contributed by atoms with Crippen LogP contribution >= 0.6 is 24.0 Å². The molecule has 0 aliphatic carbocycles. The van der Waals surface area contributed by atoms with Gasteiger partial charge >= 0.3 is 0 Å². The lowest BCUT2D eigenvalue weighted by Gasteiger charge is -2.14. The Balaban J connectivity index is 1.52. The zero-order chi connectivity index (χ0) is 19.2. The summed E-state index contributed by atoms with van der Waals surface area (Å²) in [5.41, 5.74) is 0.307. The van der Waals surface area contributed by atoms with Gasteiger partial charge in [0, 0.05) is 31.0 Å². The van der Waals surface area contributed by atoms with Crippen LogP contribution in [0.4, 0.5) is 4.39 Å². The lowest BCUT2D eigenvalue weighted by Crippen LogP contribution is -2.39. The molecule has 1 saturated heterocycles. The Morgan fingerprint density at radius 3 is 2.93 bits per heavy atom. The van der Waals surface area contributed by atoms with E-state index in [1.165, 1.54) is 17.0 Å². The summed E-state index contributed by atoms with van der Waals surface area (Å²) in [6, 6.07) is 6.17. The fourth-order valence-corrected chi connectivity index (χ4v) is 3.72. The Bertz CT molecular complexity index is 883. The standard InChI is InChI=1S/C18H17FN4O2S2/c19-14-5-2-1-4-13(14)10-15-17(25)23(18(26)27-15)11-16(24)21-6-3-8-22-9-7-20-12-22/h1-2,4-5,7,9-10,12H,3,6,8,11H2,(H,21,24). The number of benzene rings is 1. The normalized spacial score (nSPS) is 15.6. The Hall–Kier alpha value is -2.52. The van der Waals surface area contributed by atoms with E-state index < -0.39 is 5.82 Å². The van der Waals surface area contributed by atoms with Crippen molar-refractivity contribution in [3.05, 3.63) is 59.3 Å². The highest BCUT2D eigenvalue weighted by Gasteiger charge is 2.33. The van der Waals surface area contributed by atoms with Gasteiger partial charge in [-0.1, -0.05) is 42.2 Å². The maximum absolute atomic E-state index is 13.8. The molecule has 0 spiro atoms. The number of carbonyl (C=O) groups excluding carboxylic acids is 2. The first-order valence-electron chi connectivity index (χ1n) is 8.27. The molecule has 0 saturated carbocycles. The average molecular weight is 404 g/mol. The first-order chi connectivity index (χ1) is 13.0. The van der Waals surface area contributed by atoms with Gasteiger partial charge in [-0.3, -0.25) is 14.5 Å². The molecule has 0 bridgehead atoms. The zero-order valence-corrected chi connectivity index (χ0v) is 15.9. The van der Waals surface area contributed by atoms with Gasteiger partial charge in [-0.05, 0) is 18.6 Å². The number of hydrogen-bond donors (Lipinski definition) is 1. The van der Waals surface area contributed by atoms with E-state index in [0.29, 0.717) is 17.0 Å². The molecule has 3 rings (SSSR count). The summed E-state index contributed by atoms with van der Waals surface area (Å²) >= 11 is 6.26. The fraction of sp³-hybridized carbons (Fsp3) is 0.222. The Morgan fingerprint density at radius 2 is 2.19 bits per heavy atom. The second-order valence-corrected chi connectivity index (χ2v) is 7.47. The number of hydrogen-bond acceptors (Lipinski definition) is 5. The van der Waals surface area contributed by atoms with E-state index in [2.05, 4.69) is 10.3 Å². The lowest BCUT2D eigenvalue weighted by molar-refractivity contribution is -0.128. The van der Waals surface area contributed by atoms with Gasteiger partial charge in [-0.25, -0.2) is 9.37 Å².